The minimum Gasteiger partial charge on any atom is -0.370 e. The molecule has 1 spiro atoms. The summed E-state index contributed by atoms with van der Waals surface area (Å²) in [6.45, 7) is 7.99. The number of anilines is 1. The fraction of sp³-hybridized carbons (Fsp3) is 0.556. The quantitative estimate of drug-likeness (QED) is 0.856. The van der Waals surface area contributed by atoms with Gasteiger partial charge in [0.05, 0.1) is 18.4 Å². The summed E-state index contributed by atoms with van der Waals surface area (Å²) in [5.74, 6) is 0.964. The predicted molar refractivity (Wildman–Crippen MR) is 96.5 cm³/mol. The van der Waals surface area contributed by atoms with Crippen molar-refractivity contribution in [2.75, 3.05) is 37.7 Å². The van der Waals surface area contributed by atoms with Crippen molar-refractivity contribution in [3.63, 3.8) is 0 Å². The maximum atomic E-state index is 6.30. The molecule has 2 aliphatic heterocycles. The lowest BCUT2D eigenvalue weighted by molar-refractivity contribution is -0.116. The first-order chi connectivity index (χ1) is 11.7. The average molecular weight is 344 g/mol. The van der Waals surface area contributed by atoms with Crippen LogP contribution in [0.4, 0.5) is 5.82 Å². The Labute approximate surface area is 147 Å². The Hall–Kier alpha value is -1.50. The summed E-state index contributed by atoms with van der Waals surface area (Å²) in [5, 5.41) is 0. The molecule has 1 atom stereocenters. The molecule has 0 radical (unpaired) electrons. The Morgan fingerprint density at radius 1 is 1.25 bits per heavy atom. The number of aromatic nitrogens is 2. The van der Waals surface area contributed by atoms with Gasteiger partial charge in [-0.2, -0.15) is 0 Å². The normalized spacial score (nSPS) is 25.3. The van der Waals surface area contributed by atoms with Gasteiger partial charge in [0.2, 0.25) is 0 Å². The van der Waals surface area contributed by atoms with E-state index in [2.05, 4.69) is 38.8 Å². The first-order valence-electron chi connectivity index (χ1n) is 8.65. The molecule has 4 rings (SSSR count). The number of morpholine rings is 1. The molecular weight excluding hydrogens is 320 g/mol. The second-order valence-corrected chi connectivity index (χ2v) is 8.22. The summed E-state index contributed by atoms with van der Waals surface area (Å²) in [7, 11) is 0. The molecule has 2 aromatic rings. The molecule has 0 unspecified atom stereocenters. The lowest BCUT2D eigenvalue weighted by Crippen LogP contribution is -2.59. The molecule has 0 amide bonds. The van der Waals surface area contributed by atoms with Gasteiger partial charge in [0, 0.05) is 54.9 Å². The van der Waals surface area contributed by atoms with Gasteiger partial charge in [-0.25, -0.2) is 4.98 Å². The van der Waals surface area contributed by atoms with E-state index in [0.29, 0.717) is 0 Å². The maximum Gasteiger partial charge on any atom is 0.147 e. The van der Waals surface area contributed by atoms with Gasteiger partial charge in [-0.05, 0) is 31.9 Å². The van der Waals surface area contributed by atoms with Gasteiger partial charge < -0.3 is 9.64 Å². The van der Waals surface area contributed by atoms with Crippen LogP contribution in [0.3, 0.4) is 0 Å². The van der Waals surface area contributed by atoms with Crippen LogP contribution in [0.1, 0.15) is 22.6 Å². The number of piperidine rings is 1. The summed E-state index contributed by atoms with van der Waals surface area (Å²) in [6.07, 6.45) is 7.62. The van der Waals surface area contributed by atoms with Gasteiger partial charge in [-0.3, -0.25) is 9.88 Å². The minimum atomic E-state index is -0.0691. The summed E-state index contributed by atoms with van der Waals surface area (Å²) in [4.78, 5) is 16.4. The van der Waals surface area contributed by atoms with Crippen LogP contribution in [0.2, 0.25) is 0 Å². The highest BCUT2D eigenvalue weighted by atomic mass is 32.1. The van der Waals surface area contributed by atoms with Crippen molar-refractivity contribution in [2.24, 2.45) is 0 Å². The highest BCUT2D eigenvalue weighted by Crippen LogP contribution is 2.31. The molecule has 0 aliphatic carbocycles. The molecule has 2 saturated heterocycles. The van der Waals surface area contributed by atoms with E-state index in [1.54, 1.807) is 12.4 Å². The molecular formula is C18H24N4OS. The summed E-state index contributed by atoms with van der Waals surface area (Å²) in [5.41, 5.74) is -0.0691. The third-order valence-electron chi connectivity index (χ3n) is 4.92. The topological polar surface area (TPSA) is 41.5 Å². The zero-order valence-corrected chi connectivity index (χ0v) is 15.0. The molecule has 4 heterocycles. The first kappa shape index (κ1) is 16.0. The van der Waals surface area contributed by atoms with Crippen LogP contribution >= 0.6 is 11.3 Å². The molecule has 0 bridgehead atoms. The van der Waals surface area contributed by atoms with Crippen molar-refractivity contribution < 1.29 is 4.74 Å². The van der Waals surface area contributed by atoms with E-state index in [1.807, 2.05) is 17.5 Å². The molecule has 0 saturated carbocycles. The molecule has 2 aliphatic rings. The SMILES string of the molecule is Cc1ccc(CN2CCO[C@]3(CCCN(c4cnccn4)C3)C2)s1. The molecule has 6 heteroatoms. The van der Waals surface area contributed by atoms with Crippen LogP contribution in [-0.4, -0.2) is 53.3 Å². The third kappa shape index (κ3) is 3.45. The number of rotatable bonds is 3. The van der Waals surface area contributed by atoms with E-state index in [4.69, 9.17) is 4.74 Å². The largest absolute Gasteiger partial charge is 0.370 e. The Kier molecular flexibility index (Phi) is 4.52. The van der Waals surface area contributed by atoms with Crippen molar-refractivity contribution in [1.82, 2.24) is 14.9 Å². The van der Waals surface area contributed by atoms with Gasteiger partial charge in [-0.15, -0.1) is 11.3 Å². The highest BCUT2D eigenvalue weighted by molar-refractivity contribution is 7.11. The molecule has 5 nitrogen and oxygen atoms in total. The van der Waals surface area contributed by atoms with Crippen LogP contribution in [0.25, 0.3) is 0 Å². The fourth-order valence-corrected chi connectivity index (χ4v) is 4.78. The third-order valence-corrected chi connectivity index (χ3v) is 5.90. The smallest absolute Gasteiger partial charge is 0.147 e. The average Bonchev–Trinajstić information content (AvgIpc) is 3.01. The van der Waals surface area contributed by atoms with E-state index >= 15 is 0 Å². The van der Waals surface area contributed by atoms with Gasteiger partial charge in [0.25, 0.3) is 0 Å². The van der Waals surface area contributed by atoms with Gasteiger partial charge >= 0.3 is 0 Å². The molecule has 2 aromatic heterocycles. The summed E-state index contributed by atoms with van der Waals surface area (Å²) in [6, 6.07) is 4.47. The number of thiophene rings is 1. The maximum absolute atomic E-state index is 6.30. The van der Waals surface area contributed by atoms with E-state index < -0.39 is 0 Å². The van der Waals surface area contributed by atoms with Gasteiger partial charge in [0.1, 0.15) is 5.82 Å². The Morgan fingerprint density at radius 3 is 3.00 bits per heavy atom. The van der Waals surface area contributed by atoms with Crippen molar-refractivity contribution in [2.45, 2.75) is 31.9 Å². The number of nitrogens with zero attached hydrogens (tertiary/aromatic N) is 4. The van der Waals surface area contributed by atoms with Crippen molar-refractivity contribution >= 4 is 17.2 Å². The van der Waals surface area contributed by atoms with E-state index in [9.17, 15) is 0 Å². The predicted octanol–water partition coefficient (Wildman–Crippen LogP) is 2.72. The zero-order chi connectivity index (χ0) is 16.4. The van der Waals surface area contributed by atoms with Crippen LogP contribution in [0, 0.1) is 6.92 Å². The standard InChI is InChI=1S/C18H24N4OS/c1-15-3-4-16(24-15)12-21-9-10-23-18(13-21)5-2-8-22(14-18)17-11-19-6-7-20-17/h3-4,6-7,11H,2,5,8-10,12-14H2,1H3/t18-/m1/s1. The molecule has 128 valence electrons. The number of hydrogen-bond donors (Lipinski definition) is 0. The van der Waals surface area contributed by atoms with Gasteiger partial charge in [0.15, 0.2) is 0 Å². The monoisotopic (exact) mass is 344 g/mol. The van der Waals surface area contributed by atoms with E-state index in [-0.39, 0.29) is 5.60 Å². The summed E-state index contributed by atoms with van der Waals surface area (Å²) >= 11 is 1.90. The Morgan fingerprint density at radius 2 is 2.21 bits per heavy atom. The van der Waals surface area contributed by atoms with Crippen LogP contribution in [0.15, 0.2) is 30.7 Å². The van der Waals surface area contributed by atoms with E-state index in [1.165, 1.54) is 9.75 Å². The summed E-state index contributed by atoms with van der Waals surface area (Å²) < 4.78 is 6.30. The van der Waals surface area contributed by atoms with Crippen molar-refractivity contribution in [3.8, 4) is 0 Å². The lowest BCUT2D eigenvalue weighted by Gasteiger charge is -2.48. The number of ether oxygens (including phenoxy) is 1. The molecule has 0 aromatic carbocycles. The fourth-order valence-electron chi connectivity index (χ4n) is 3.84. The van der Waals surface area contributed by atoms with Gasteiger partial charge in [-0.1, -0.05) is 0 Å². The Balaban J connectivity index is 1.45. The Bertz CT molecular complexity index is 673. The molecule has 2 fully saturated rings. The van der Waals surface area contributed by atoms with Crippen LogP contribution < -0.4 is 4.90 Å². The van der Waals surface area contributed by atoms with Crippen molar-refractivity contribution in [1.29, 1.82) is 0 Å². The first-order valence-corrected chi connectivity index (χ1v) is 9.47. The van der Waals surface area contributed by atoms with Crippen molar-refractivity contribution in [3.05, 3.63) is 40.5 Å². The van der Waals surface area contributed by atoms with Crippen LogP contribution in [0.5, 0.6) is 0 Å². The lowest BCUT2D eigenvalue weighted by atomic mass is 9.90. The number of aryl methyl sites for hydroxylation is 1. The second-order valence-electron chi connectivity index (χ2n) is 6.84. The molecule has 24 heavy (non-hydrogen) atoms. The number of hydrogen-bond acceptors (Lipinski definition) is 6. The van der Waals surface area contributed by atoms with Crippen LogP contribution in [-0.2, 0) is 11.3 Å². The molecule has 0 N–H and O–H groups in total. The highest BCUT2D eigenvalue weighted by Gasteiger charge is 2.40. The minimum absolute atomic E-state index is 0.0691. The van der Waals surface area contributed by atoms with E-state index in [0.717, 1.165) is 58.0 Å². The zero-order valence-electron chi connectivity index (χ0n) is 14.1. The second kappa shape index (κ2) is 6.78.